The van der Waals surface area contributed by atoms with E-state index in [1.807, 2.05) is 0 Å². The van der Waals surface area contributed by atoms with Crippen LogP contribution in [0.4, 0.5) is 0 Å². The van der Waals surface area contributed by atoms with Crippen LogP contribution in [0.5, 0.6) is 0 Å². The van der Waals surface area contributed by atoms with Crippen molar-refractivity contribution >= 4 is 35.5 Å². The summed E-state index contributed by atoms with van der Waals surface area (Å²) < 4.78 is 0. The number of aliphatic carboxylic acids is 1. The van der Waals surface area contributed by atoms with E-state index in [-0.39, 0.29) is 81.4 Å². The molecule has 0 radical (unpaired) electrons. The van der Waals surface area contributed by atoms with E-state index in [0.717, 1.165) is 12.8 Å². The molecule has 6 N–H and O–H groups in total. The van der Waals surface area contributed by atoms with Gasteiger partial charge in [-0.25, -0.2) is 0 Å². The first-order chi connectivity index (χ1) is 15.2. The standard InChI is InChI=1S/C20H35N5O7/c1-15(26)21-10-4-2-3-5-16(27)22-11-6-17(28)23-12-7-18(29)24-13-8-19(30)25-14-9-20(31)32/h2-14H2,1H3,(H,21,26)(H,22,27)(H,23,28)(H,24,29)(H,25,30)(H,31,32). The number of unbranched alkanes of at least 4 members (excludes halogenated alkanes) is 2. The van der Waals surface area contributed by atoms with Crippen LogP contribution in [0, 0.1) is 0 Å². The summed E-state index contributed by atoms with van der Waals surface area (Å²) in [6.45, 7) is 2.55. The van der Waals surface area contributed by atoms with Crippen LogP contribution in [0.2, 0.25) is 0 Å². The van der Waals surface area contributed by atoms with Gasteiger partial charge in [0.25, 0.3) is 0 Å². The van der Waals surface area contributed by atoms with E-state index in [0.29, 0.717) is 19.4 Å². The third-order valence-corrected chi connectivity index (χ3v) is 4.14. The number of hydrogen-bond acceptors (Lipinski definition) is 6. The van der Waals surface area contributed by atoms with Gasteiger partial charge in [-0.05, 0) is 12.8 Å². The van der Waals surface area contributed by atoms with Gasteiger partial charge in [0.05, 0.1) is 6.42 Å². The van der Waals surface area contributed by atoms with Gasteiger partial charge in [0.1, 0.15) is 0 Å². The van der Waals surface area contributed by atoms with E-state index in [1.54, 1.807) is 0 Å². The maximum Gasteiger partial charge on any atom is 0.305 e. The normalized spacial score (nSPS) is 10.0. The minimum Gasteiger partial charge on any atom is -0.481 e. The molecule has 0 spiro atoms. The number of hydrogen-bond donors (Lipinski definition) is 6. The molecule has 0 heterocycles. The fourth-order valence-corrected chi connectivity index (χ4v) is 2.46. The SMILES string of the molecule is CC(=O)NCCCCCC(=O)NCCC(=O)NCCC(=O)NCCC(=O)NCCC(=O)O. The lowest BCUT2D eigenvalue weighted by Crippen LogP contribution is -2.35. The Kier molecular flexibility index (Phi) is 16.7. The van der Waals surface area contributed by atoms with Gasteiger partial charge in [-0.1, -0.05) is 6.42 Å². The van der Waals surface area contributed by atoms with E-state index in [4.69, 9.17) is 5.11 Å². The molecule has 12 nitrogen and oxygen atoms in total. The van der Waals surface area contributed by atoms with E-state index in [1.165, 1.54) is 6.92 Å². The quantitative estimate of drug-likeness (QED) is 0.140. The topological polar surface area (TPSA) is 183 Å². The smallest absolute Gasteiger partial charge is 0.305 e. The summed E-state index contributed by atoms with van der Waals surface area (Å²) in [7, 11) is 0. The van der Waals surface area contributed by atoms with E-state index in [9.17, 15) is 28.8 Å². The third kappa shape index (κ3) is 20.1. The maximum absolute atomic E-state index is 11.7. The number of carbonyl (C=O) groups is 6. The van der Waals surface area contributed by atoms with Crippen LogP contribution in [0.1, 0.15) is 58.3 Å². The largest absolute Gasteiger partial charge is 0.481 e. The molecule has 0 aromatic rings. The molecule has 0 aliphatic carbocycles. The zero-order valence-corrected chi connectivity index (χ0v) is 18.6. The number of carboxylic acids is 1. The number of nitrogens with one attached hydrogen (secondary N) is 5. The molecule has 0 saturated carbocycles. The summed E-state index contributed by atoms with van der Waals surface area (Å²) >= 11 is 0. The molecule has 0 unspecified atom stereocenters. The van der Waals surface area contributed by atoms with Gasteiger partial charge in [0.2, 0.25) is 29.5 Å². The van der Waals surface area contributed by atoms with Crippen LogP contribution in [-0.2, 0) is 28.8 Å². The molecule has 0 fully saturated rings. The van der Waals surface area contributed by atoms with Crippen molar-refractivity contribution in [3.8, 4) is 0 Å². The Bertz CT molecular complexity index is 640. The van der Waals surface area contributed by atoms with Crippen molar-refractivity contribution in [3.63, 3.8) is 0 Å². The van der Waals surface area contributed by atoms with Gasteiger partial charge in [0, 0.05) is 65.3 Å². The van der Waals surface area contributed by atoms with Crippen molar-refractivity contribution < 1.29 is 33.9 Å². The molecular weight excluding hydrogens is 422 g/mol. The molecule has 0 bridgehead atoms. The lowest BCUT2D eigenvalue weighted by molar-refractivity contribution is -0.137. The van der Waals surface area contributed by atoms with E-state index >= 15 is 0 Å². The Morgan fingerprint density at radius 1 is 0.500 bits per heavy atom. The van der Waals surface area contributed by atoms with Crippen LogP contribution in [0.25, 0.3) is 0 Å². The van der Waals surface area contributed by atoms with Crippen LogP contribution in [0.15, 0.2) is 0 Å². The van der Waals surface area contributed by atoms with Gasteiger partial charge >= 0.3 is 5.97 Å². The second-order valence-corrected chi connectivity index (χ2v) is 7.09. The Balaban J connectivity index is 3.60. The van der Waals surface area contributed by atoms with Crippen LogP contribution in [-0.4, -0.2) is 73.3 Å². The number of amides is 5. The first-order valence-electron chi connectivity index (χ1n) is 10.7. The van der Waals surface area contributed by atoms with Gasteiger partial charge in [0.15, 0.2) is 0 Å². The average molecular weight is 458 g/mol. The van der Waals surface area contributed by atoms with Gasteiger partial charge in [-0.15, -0.1) is 0 Å². The summed E-state index contributed by atoms with van der Waals surface area (Å²) in [6.07, 6.45) is 2.73. The highest BCUT2D eigenvalue weighted by molar-refractivity contribution is 5.81. The minimum atomic E-state index is -1.00. The van der Waals surface area contributed by atoms with Gasteiger partial charge in [-0.2, -0.15) is 0 Å². The van der Waals surface area contributed by atoms with E-state index in [2.05, 4.69) is 26.6 Å². The number of carbonyl (C=O) groups excluding carboxylic acids is 5. The van der Waals surface area contributed by atoms with Crippen LogP contribution >= 0.6 is 0 Å². The number of rotatable bonds is 18. The molecule has 0 aliphatic rings. The molecule has 12 heteroatoms. The van der Waals surface area contributed by atoms with E-state index < -0.39 is 5.97 Å². The minimum absolute atomic E-state index is 0.0344. The summed E-state index contributed by atoms with van der Waals surface area (Å²) in [6, 6.07) is 0. The summed E-state index contributed by atoms with van der Waals surface area (Å²) in [4.78, 5) is 67.5. The summed E-state index contributed by atoms with van der Waals surface area (Å²) in [5.74, 6) is -2.18. The molecule has 0 aromatic heterocycles. The van der Waals surface area contributed by atoms with Crippen molar-refractivity contribution in [2.24, 2.45) is 0 Å². The highest BCUT2D eigenvalue weighted by Gasteiger charge is 2.07. The van der Waals surface area contributed by atoms with Crippen LogP contribution < -0.4 is 26.6 Å². The second kappa shape index (κ2) is 18.6. The molecule has 0 aromatic carbocycles. The molecule has 182 valence electrons. The van der Waals surface area contributed by atoms with Crippen molar-refractivity contribution in [2.75, 3.05) is 32.7 Å². The monoisotopic (exact) mass is 457 g/mol. The average Bonchev–Trinajstić information content (AvgIpc) is 2.70. The lowest BCUT2D eigenvalue weighted by atomic mass is 10.2. The fraction of sp³-hybridized carbons (Fsp3) is 0.700. The predicted molar refractivity (Wildman–Crippen MR) is 115 cm³/mol. The molecule has 0 saturated heterocycles. The Morgan fingerprint density at radius 3 is 1.31 bits per heavy atom. The van der Waals surface area contributed by atoms with Crippen molar-refractivity contribution in [1.29, 1.82) is 0 Å². The molecule has 0 aliphatic heterocycles. The van der Waals surface area contributed by atoms with Crippen LogP contribution in [0.3, 0.4) is 0 Å². The Hall–Kier alpha value is -3.18. The first-order valence-corrected chi connectivity index (χ1v) is 10.7. The highest BCUT2D eigenvalue weighted by Crippen LogP contribution is 1.99. The second-order valence-electron chi connectivity index (χ2n) is 7.09. The molecule has 0 rings (SSSR count). The zero-order chi connectivity index (χ0) is 24.2. The predicted octanol–water partition coefficient (Wildman–Crippen LogP) is -1.21. The highest BCUT2D eigenvalue weighted by atomic mass is 16.4. The van der Waals surface area contributed by atoms with Crippen molar-refractivity contribution in [3.05, 3.63) is 0 Å². The molecule has 5 amide bonds. The summed E-state index contributed by atoms with van der Waals surface area (Å²) in [5.41, 5.74) is 0. The third-order valence-electron chi connectivity index (χ3n) is 4.14. The Labute approximate surface area is 187 Å². The van der Waals surface area contributed by atoms with Crippen molar-refractivity contribution in [1.82, 2.24) is 26.6 Å². The number of carboxylic acid groups (broad SMARTS) is 1. The zero-order valence-electron chi connectivity index (χ0n) is 18.6. The van der Waals surface area contributed by atoms with Crippen molar-refractivity contribution in [2.45, 2.75) is 58.3 Å². The first kappa shape index (κ1) is 28.8. The summed E-state index contributed by atoms with van der Waals surface area (Å²) in [5, 5.41) is 21.4. The van der Waals surface area contributed by atoms with Gasteiger partial charge in [-0.3, -0.25) is 28.8 Å². The molecule has 32 heavy (non-hydrogen) atoms. The maximum atomic E-state index is 11.7. The molecular formula is C20H35N5O7. The Morgan fingerprint density at radius 2 is 0.906 bits per heavy atom. The molecule has 0 atom stereocenters. The van der Waals surface area contributed by atoms with Gasteiger partial charge < -0.3 is 31.7 Å². The lowest BCUT2D eigenvalue weighted by Gasteiger charge is -2.08. The fourth-order valence-electron chi connectivity index (χ4n) is 2.46.